The minimum Gasteiger partial charge on any atom is -0.497 e. The first kappa shape index (κ1) is 27.2. The fourth-order valence-corrected chi connectivity index (χ4v) is 4.92. The molecule has 1 N–H and O–H groups in total. The van der Waals surface area contributed by atoms with Gasteiger partial charge in [0, 0.05) is 38.1 Å². The molecule has 1 saturated heterocycles. The van der Waals surface area contributed by atoms with Crippen molar-refractivity contribution in [1.29, 1.82) is 0 Å². The quantitative estimate of drug-likeness (QED) is 0.199. The van der Waals surface area contributed by atoms with Gasteiger partial charge in [0.15, 0.2) is 5.96 Å². The molecular formula is C25H42IN3O3. The lowest BCUT2D eigenvalue weighted by Gasteiger charge is -2.37. The molecule has 1 atom stereocenters. The van der Waals surface area contributed by atoms with Crippen LogP contribution in [0.1, 0.15) is 51.0 Å². The van der Waals surface area contributed by atoms with E-state index in [1.807, 2.05) is 0 Å². The Bertz CT molecular complexity index is 678. The number of hydrogen-bond donors (Lipinski definition) is 1. The Hall–Kier alpha value is -1.06. The molecule has 3 rings (SSSR count). The molecule has 1 unspecified atom stereocenters. The van der Waals surface area contributed by atoms with Crippen molar-refractivity contribution >= 4 is 29.9 Å². The summed E-state index contributed by atoms with van der Waals surface area (Å²) in [5.41, 5.74) is 1.53. The normalized spacial score (nSPS) is 20.7. The zero-order chi connectivity index (χ0) is 21.9. The van der Waals surface area contributed by atoms with Gasteiger partial charge in [-0.15, -0.1) is 24.0 Å². The summed E-state index contributed by atoms with van der Waals surface area (Å²) in [5.74, 6) is 2.54. The van der Waals surface area contributed by atoms with Crippen LogP contribution in [0.25, 0.3) is 0 Å². The summed E-state index contributed by atoms with van der Waals surface area (Å²) >= 11 is 0. The molecule has 2 aliphatic rings. The smallest absolute Gasteiger partial charge is 0.193 e. The van der Waals surface area contributed by atoms with E-state index in [1.54, 1.807) is 14.2 Å². The number of ether oxygens (including phenoxy) is 3. The number of aliphatic imine (C=N–C) groups is 1. The van der Waals surface area contributed by atoms with Crippen LogP contribution in [-0.2, 0) is 14.9 Å². The molecule has 0 aromatic heterocycles. The summed E-state index contributed by atoms with van der Waals surface area (Å²) < 4.78 is 16.2. The van der Waals surface area contributed by atoms with E-state index in [1.165, 1.54) is 37.7 Å². The maximum Gasteiger partial charge on any atom is 0.193 e. The molecule has 0 spiro atoms. The lowest BCUT2D eigenvalue weighted by Crippen LogP contribution is -2.42. The van der Waals surface area contributed by atoms with Crippen LogP contribution in [0, 0.1) is 5.92 Å². The Morgan fingerprint density at radius 2 is 1.88 bits per heavy atom. The second-order valence-corrected chi connectivity index (χ2v) is 8.91. The number of methoxy groups -OCH3 is 2. The highest BCUT2D eigenvalue weighted by Crippen LogP contribution is 2.40. The van der Waals surface area contributed by atoms with Crippen LogP contribution in [-0.4, -0.2) is 71.1 Å². The SMILES string of the molecule is CCNC(=NCC1(c2ccc(OC)cc2)CCCCC1)N1CCC(COCCOC)C1.I. The molecule has 2 fully saturated rings. The monoisotopic (exact) mass is 559 g/mol. The summed E-state index contributed by atoms with van der Waals surface area (Å²) in [4.78, 5) is 7.61. The van der Waals surface area contributed by atoms with Crippen LogP contribution < -0.4 is 10.1 Å². The molecular weight excluding hydrogens is 517 g/mol. The molecule has 6 nitrogen and oxygen atoms in total. The fraction of sp³-hybridized carbons (Fsp3) is 0.720. The summed E-state index contributed by atoms with van der Waals surface area (Å²) in [6, 6.07) is 8.68. The second-order valence-electron chi connectivity index (χ2n) is 8.91. The number of rotatable bonds is 10. The third-order valence-corrected chi connectivity index (χ3v) is 6.75. The zero-order valence-electron chi connectivity index (χ0n) is 20.1. The predicted octanol–water partition coefficient (Wildman–Crippen LogP) is 4.47. The van der Waals surface area contributed by atoms with Gasteiger partial charge in [0.2, 0.25) is 0 Å². The Balaban J connectivity index is 0.00000363. The maximum absolute atomic E-state index is 5.77. The molecule has 1 aliphatic carbocycles. The molecule has 1 aliphatic heterocycles. The van der Waals surface area contributed by atoms with Crippen molar-refractivity contribution < 1.29 is 14.2 Å². The van der Waals surface area contributed by atoms with E-state index in [0.717, 1.165) is 50.9 Å². The number of hydrogen-bond acceptors (Lipinski definition) is 4. The van der Waals surface area contributed by atoms with Crippen LogP contribution in [0.3, 0.4) is 0 Å². The number of nitrogens with zero attached hydrogens (tertiary/aromatic N) is 2. The van der Waals surface area contributed by atoms with Crippen LogP contribution in [0.5, 0.6) is 5.75 Å². The molecule has 182 valence electrons. The topological polar surface area (TPSA) is 55.3 Å². The van der Waals surface area contributed by atoms with Gasteiger partial charge in [-0.3, -0.25) is 4.99 Å². The number of likely N-dealkylation sites (tertiary alicyclic amines) is 1. The molecule has 0 radical (unpaired) electrons. The molecule has 32 heavy (non-hydrogen) atoms. The molecule has 7 heteroatoms. The van der Waals surface area contributed by atoms with E-state index in [9.17, 15) is 0 Å². The lowest BCUT2D eigenvalue weighted by atomic mass is 9.69. The highest BCUT2D eigenvalue weighted by molar-refractivity contribution is 14.0. The van der Waals surface area contributed by atoms with Gasteiger partial charge in [-0.05, 0) is 43.9 Å². The highest BCUT2D eigenvalue weighted by atomic mass is 127. The van der Waals surface area contributed by atoms with Crippen molar-refractivity contribution in [3.63, 3.8) is 0 Å². The van der Waals surface area contributed by atoms with E-state index in [0.29, 0.717) is 19.1 Å². The summed E-state index contributed by atoms with van der Waals surface area (Å²) in [7, 11) is 3.44. The number of halogens is 1. The van der Waals surface area contributed by atoms with Crippen LogP contribution in [0.15, 0.2) is 29.3 Å². The van der Waals surface area contributed by atoms with Crippen molar-refractivity contribution in [3.05, 3.63) is 29.8 Å². The minimum atomic E-state index is 0. The lowest BCUT2D eigenvalue weighted by molar-refractivity contribution is 0.0536. The van der Waals surface area contributed by atoms with Crippen molar-refractivity contribution in [2.24, 2.45) is 10.9 Å². The van der Waals surface area contributed by atoms with Gasteiger partial charge >= 0.3 is 0 Å². The molecule has 1 heterocycles. The number of guanidine groups is 1. The Morgan fingerprint density at radius 3 is 2.53 bits per heavy atom. The molecule has 1 aromatic carbocycles. The average Bonchev–Trinajstić information content (AvgIpc) is 3.29. The molecule has 1 aromatic rings. The van der Waals surface area contributed by atoms with Gasteiger partial charge in [0.25, 0.3) is 0 Å². The van der Waals surface area contributed by atoms with Crippen LogP contribution in [0.2, 0.25) is 0 Å². The van der Waals surface area contributed by atoms with Gasteiger partial charge < -0.3 is 24.4 Å². The first-order valence-corrected chi connectivity index (χ1v) is 11.9. The third-order valence-electron chi connectivity index (χ3n) is 6.75. The second kappa shape index (κ2) is 14.3. The van der Waals surface area contributed by atoms with Crippen molar-refractivity contribution in [2.75, 3.05) is 60.2 Å². The largest absolute Gasteiger partial charge is 0.497 e. The number of nitrogens with one attached hydrogen (secondary N) is 1. The minimum absolute atomic E-state index is 0. The third kappa shape index (κ3) is 7.48. The molecule has 0 bridgehead atoms. The Morgan fingerprint density at radius 1 is 1.12 bits per heavy atom. The first-order valence-electron chi connectivity index (χ1n) is 11.9. The van der Waals surface area contributed by atoms with E-state index in [-0.39, 0.29) is 29.4 Å². The number of benzene rings is 1. The molecule has 1 saturated carbocycles. The van der Waals surface area contributed by atoms with Gasteiger partial charge in [0.05, 0.1) is 33.5 Å². The first-order chi connectivity index (χ1) is 15.2. The summed E-state index contributed by atoms with van der Waals surface area (Å²) in [5, 5.41) is 3.54. The predicted molar refractivity (Wildman–Crippen MR) is 142 cm³/mol. The Labute approximate surface area is 211 Å². The van der Waals surface area contributed by atoms with Crippen LogP contribution >= 0.6 is 24.0 Å². The van der Waals surface area contributed by atoms with Crippen LogP contribution in [0.4, 0.5) is 0 Å². The van der Waals surface area contributed by atoms with E-state index in [4.69, 9.17) is 19.2 Å². The summed E-state index contributed by atoms with van der Waals surface area (Å²) in [6.07, 6.45) is 7.46. The van der Waals surface area contributed by atoms with Gasteiger partial charge in [-0.25, -0.2) is 0 Å². The molecule has 0 amide bonds. The van der Waals surface area contributed by atoms with Crippen molar-refractivity contribution in [2.45, 2.75) is 50.9 Å². The summed E-state index contributed by atoms with van der Waals surface area (Å²) in [6.45, 7) is 8.06. The van der Waals surface area contributed by atoms with Gasteiger partial charge in [-0.1, -0.05) is 31.4 Å². The van der Waals surface area contributed by atoms with Gasteiger partial charge in [-0.2, -0.15) is 0 Å². The fourth-order valence-electron chi connectivity index (χ4n) is 4.92. The average molecular weight is 560 g/mol. The highest BCUT2D eigenvalue weighted by Gasteiger charge is 2.34. The Kier molecular flexibility index (Phi) is 12.1. The van der Waals surface area contributed by atoms with E-state index < -0.39 is 0 Å². The van der Waals surface area contributed by atoms with E-state index >= 15 is 0 Å². The van der Waals surface area contributed by atoms with Crippen molar-refractivity contribution in [3.8, 4) is 5.75 Å². The zero-order valence-corrected chi connectivity index (χ0v) is 22.4. The standard InChI is InChI=1S/C25H41N3O3.HI/c1-4-26-24(28-15-12-21(18-28)19-31-17-16-29-2)27-20-25(13-6-5-7-14-25)22-8-10-23(30-3)11-9-22;/h8-11,21H,4-7,12-20H2,1-3H3,(H,26,27);1H. The van der Waals surface area contributed by atoms with E-state index in [2.05, 4.69) is 41.4 Å². The van der Waals surface area contributed by atoms with Gasteiger partial charge in [0.1, 0.15) is 5.75 Å². The maximum atomic E-state index is 5.77. The van der Waals surface area contributed by atoms with Crippen molar-refractivity contribution in [1.82, 2.24) is 10.2 Å².